The largest absolute Gasteiger partial charge is 0.338 e. The molecule has 2 aliphatic rings. The Hall–Kier alpha value is -2.62. The minimum atomic E-state index is -0.133. The van der Waals surface area contributed by atoms with Crippen LogP contribution in [0.4, 0.5) is 10.5 Å². The number of rotatable bonds is 5. The molecule has 2 aromatic rings. The zero-order valence-corrected chi connectivity index (χ0v) is 15.6. The van der Waals surface area contributed by atoms with E-state index < -0.39 is 0 Å². The Kier molecular flexibility index (Phi) is 5.23. The summed E-state index contributed by atoms with van der Waals surface area (Å²) < 4.78 is 1.81. The van der Waals surface area contributed by atoms with E-state index in [-0.39, 0.29) is 11.9 Å². The van der Waals surface area contributed by atoms with Gasteiger partial charge in [-0.05, 0) is 35.4 Å². The predicted octanol–water partition coefficient (Wildman–Crippen LogP) is 1.48. The van der Waals surface area contributed by atoms with Gasteiger partial charge in [0.15, 0.2) is 0 Å². The quantitative estimate of drug-likeness (QED) is 0.781. The number of piperazine rings is 1. The second kappa shape index (κ2) is 7.95. The van der Waals surface area contributed by atoms with Crippen molar-refractivity contribution in [2.24, 2.45) is 0 Å². The maximum atomic E-state index is 12.5. The molecule has 2 heterocycles. The molecule has 1 N–H and O–H groups in total. The van der Waals surface area contributed by atoms with Crippen LogP contribution in [0.25, 0.3) is 0 Å². The average molecular weight is 387 g/mol. The summed E-state index contributed by atoms with van der Waals surface area (Å²) in [5.41, 5.74) is 0.769. The summed E-state index contributed by atoms with van der Waals surface area (Å²) in [5, 5.41) is 15.3. The van der Waals surface area contributed by atoms with E-state index >= 15 is 0 Å². The highest BCUT2D eigenvalue weighted by molar-refractivity contribution is 7.99. The number of thioether (sulfide) groups is 1. The summed E-state index contributed by atoms with van der Waals surface area (Å²) in [6, 6.07) is 9.62. The molecular formula is C17H21N7O2S. The summed E-state index contributed by atoms with van der Waals surface area (Å²) in [5.74, 6) is 0.358. The van der Waals surface area contributed by atoms with Crippen molar-refractivity contribution in [1.82, 2.24) is 30.0 Å². The van der Waals surface area contributed by atoms with Crippen molar-refractivity contribution in [1.29, 1.82) is 0 Å². The van der Waals surface area contributed by atoms with Gasteiger partial charge < -0.3 is 15.1 Å². The van der Waals surface area contributed by atoms with E-state index in [0.29, 0.717) is 43.1 Å². The first-order chi connectivity index (χ1) is 13.2. The van der Waals surface area contributed by atoms with Gasteiger partial charge in [-0.25, -0.2) is 9.48 Å². The lowest BCUT2D eigenvalue weighted by Crippen LogP contribution is -2.52. The fraction of sp³-hybridized carbons (Fsp3) is 0.471. The van der Waals surface area contributed by atoms with Gasteiger partial charge in [0.2, 0.25) is 11.1 Å². The number of nitrogens with one attached hydrogen (secondary N) is 1. The third kappa shape index (κ3) is 4.38. The number of urea groups is 1. The van der Waals surface area contributed by atoms with Crippen molar-refractivity contribution in [3.63, 3.8) is 0 Å². The van der Waals surface area contributed by atoms with E-state index in [2.05, 4.69) is 20.8 Å². The minimum absolute atomic E-state index is 0.0495. The number of hydrogen-bond acceptors (Lipinski definition) is 6. The van der Waals surface area contributed by atoms with Crippen LogP contribution >= 0.6 is 11.8 Å². The molecule has 0 bridgehead atoms. The van der Waals surface area contributed by atoms with E-state index in [9.17, 15) is 9.59 Å². The summed E-state index contributed by atoms with van der Waals surface area (Å²) in [7, 11) is 0. The molecule has 1 saturated carbocycles. The third-order valence-corrected chi connectivity index (χ3v) is 5.54. The number of para-hydroxylation sites is 1. The molecule has 142 valence electrons. The molecule has 0 radical (unpaired) electrons. The fourth-order valence-electron chi connectivity index (χ4n) is 2.93. The SMILES string of the molecule is O=C(CSc1nnnn1C1CC1)N1CCN(C(=O)Nc2ccccc2)CC1. The minimum Gasteiger partial charge on any atom is -0.338 e. The van der Waals surface area contributed by atoms with Gasteiger partial charge >= 0.3 is 6.03 Å². The van der Waals surface area contributed by atoms with Crippen LogP contribution in [0.15, 0.2) is 35.5 Å². The van der Waals surface area contributed by atoms with Crippen molar-refractivity contribution in [2.75, 3.05) is 37.2 Å². The van der Waals surface area contributed by atoms with Crippen LogP contribution < -0.4 is 5.32 Å². The lowest BCUT2D eigenvalue weighted by molar-refractivity contribution is -0.129. The summed E-state index contributed by atoms with van der Waals surface area (Å²) in [6.45, 7) is 2.12. The van der Waals surface area contributed by atoms with Gasteiger partial charge in [0.25, 0.3) is 0 Å². The molecule has 2 fully saturated rings. The maximum absolute atomic E-state index is 12.5. The molecule has 27 heavy (non-hydrogen) atoms. The van der Waals surface area contributed by atoms with Gasteiger partial charge in [-0.1, -0.05) is 30.0 Å². The van der Waals surface area contributed by atoms with E-state index in [0.717, 1.165) is 18.5 Å². The molecule has 9 nitrogen and oxygen atoms in total. The van der Waals surface area contributed by atoms with Gasteiger partial charge in [-0.15, -0.1) is 5.10 Å². The molecule has 0 unspecified atom stereocenters. The molecule has 1 aromatic carbocycles. The molecule has 1 aliphatic heterocycles. The van der Waals surface area contributed by atoms with E-state index in [4.69, 9.17) is 0 Å². The molecule has 3 amide bonds. The Bertz CT molecular complexity index is 801. The van der Waals surface area contributed by atoms with Gasteiger partial charge in [0.05, 0.1) is 11.8 Å². The lowest BCUT2D eigenvalue weighted by Gasteiger charge is -2.34. The second-order valence-corrected chi connectivity index (χ2v) is 7.53. The highest BCUT2D eigenvalue weighted by Crippen LogP contribution is 2.36. The van der Waals surface area contributed by atoms with Crippen LogP contribution in [0.1, 0.15) is 18.9 Å². The van der Waals surface area contributed by atoms with Crippen molar-refractivity contribution in [2.45, 2.75) is 24.0 Å². The predicted molar refractivity (Wildman–Crippen MR) is 100 cm³/mol. The van der Waals surface area contributed by atoms with Crippen LogP contribution in [-0.2, 0) is 4.79 Å². The Morgan fingerprint density at radius 1 is 1.07 bits per heavy atom. The molecule has 1 aliphatic carbocycles. The number of hydrogen-bond donors (Lipinski definition) is 1. The van der Waals surface area contributed by atoms with Crippen molar-refractivity contribution >= 4 is 29.4 Å². The highest BCUT2D eigenvalue weighted by atomic mass is 32.2. The molecule has 10 heteroatoms. The zero-order valence-electron chi connectivity index (χ0n) is 14.8. The van der Waals surface area contributed by atoms with Crippen LogP contribution in [0, 0.1) is 0 Å². The van der Waals surface area contributed by atoms with Gasteiger partial charge in [0.1, 0.15) is 0 Å². The Labute approximate surface area is 161 Å². The topological polar surface area (TPSA) is 96.2 Å². The average Bonchev–Trinajstić information content (AvgIpc) is 3.44. The molecule has 4 rings (SSSR count). The number of amides is 3. The van der Waals surface area contributed by atoms with Crippen molar-refractivity contribution in [3.05, 3.63) is 30.3 Å². The van der Waals surface area contributed by atoms with Gasteiger partial charge in [-0.2, -0.15) is 0 Å². The number of carbonyl (C=O) groups excluding carboxylic acids is 2. The normalized spacial score (nSPS) is 17.0. The summed E-state index contributed by atoms with van der Waals surface area (Å²) >= 11 is 1.38. The summed E-state index contributed by atoms with van der Waals surface area (Å²) in [6.07, 6.45) is 2.19. The number of aromatic nitrogens is 4. The Balaban J connectivity index is 1.23. The number of carbonyl (C=O) groups is 2. The third-order valence-electron chi connectivity index (χ3n) is 4.62. The van der Waals surface area contributed by atoms with Crippen LogP contribution in [-0.4, -0.2) is 73.9 Å². The molecular weight excluding hydrogens is 366 g/mol. The Morgan fingerprint density at radius 2 is 1.78 bits per heavy atom. The molecule has 1 aromatic heterocycles. The smallest absolute Gasteiger partial charge is 0.321 e. The van der Waals surface area contributed by atoms with Crippen molar-refractivity contribution < 1.29 is 9.59 Å². The first kappa shape index (κ1) is 17.8. The lowest BCUT2D eigenvalue weighted by atomic mass is 10.3. The van der Waals surface area contributed by atoms with E-state index in [1.54, 1.807) is 9.80 Å². The van der Waals surface area contributed by atoms with Gasteiger partial charge in [0, 0.05) is 31.9 Å². The number of tetrazole rings is 1. The number of benzene rings is 1. The Morgan fingerprint density at radius 3 is 2.48 bits per heavy atom. The van der Waals surface area contributed by atoms with Crippen LogP contribution in [0.2, 0.25) is 0 Å². The van der Waals surface area contributed by atoms with E-state index in [1.807, 2.05) is 35.0 Å². The first-order valence-corrected chi connectivity index (χ1v) is 9.98. The van der Waals surface area contributed by atoms with Crippen LogP contribution in [0.3, 0.4) is 0 Å². The highest BCUT2D eigenvalue weighted by Gasteiger charge is 2.29. The standard InChI is InChI=1S/C17H21N7O2S/c25-15(12-27-17-19-20-21-24(17)14-6-7-14)22-8-10-23(11-9-22)16(26)18-13-4-2-1-3-5-13/h1-5,14H,6-12H2,(H,18,26). The van der Waals surface area contributed by atoms with Crippen molar-refractivity contribution in [3.8, 4) is 0 Å². The van der Waals surface area contributed by atoms with E-state index in [1.165, 1.54) is 11.8 Å². The number of anilines is 1. The maximum Gasteiger partial charge on any atom is 0.321 e. The fourth-order valence-corrected chi connectivity index (χ4v) is 3.78. The zero-order chi connectivity index (χ0) is 18.6. The first-order valence-electron chi connectivity index (χ1n) is 9.00. The number of nitrogens with zero attached hydrogens (tertiary/aromatic N) is 6. The van der Waals surface area contributed by atoms with Gasteiger partial charge in [-0.3, -0.25) is 4.79 Å². The van der Waals surface area contributed by atoms with Crippen LogP contribution in [0.5, 0.6) is 0 Å². The second-order valence-electron chi connectivity index (χ2n) is 6.59. The molecule has 0 atom stereocenters. The summed E-state index contributed by atoms with van der Waals surface area (Å²) in [4.78, 5) is 28.3. The monoisotopic (exact) mass is 387 g/mol. The molecule has 0 spiro atoms. The molecule has 1 saturated heterocycles.